The molecule has 1 heterocycles. The lowest BCUT2D eigenvalue weighted by Crippen LogP contribution is -2.17. The molecule has 1 aromatic rings. The van der Waals surface area contributed by atoms with E-state index in [-0.39, 0.29) is 0 Å². The molecule has 0 amide bonds. The number of thiazole rings is 1. The number of hydrogen-bond donors (Lipinski definition) is 1. The summed E-state index contributed by atoms with van der Waals surface area (Å²) in [5.41, 5.74) is 2.54. The van der Waals surface area contributed by atoms with Crippen molar-refractivity contribution in [1.82, 2.24) is 10.3 Å². The average molecular weight is 224 g/mol. The van der Waals surface area contributed by atoms with Crippen LogP contribution in [0, 0.1) is 6.92 Å². The number of aromatic nitrogens is 1. The third-order valence-corrected chi connectivity index (χ3v) is 3.11. The Morgan fingerprint density at radius 3 is 2.87 bits per heavy atom. The van der Waals surface area contributed by atoms with Gasteiger partial charge in [-0.05, 0) is 32.4 Å². The predicted octanol–water partition coefficient (Wildman–Crippen LogP) is 3.24. The summed E-state index contributed by atoms with van der Waals surface area (Å²) in [6.07, 6.45) is 4.49. The molecular formula is C12H20N2S. The highest BCUT2D eigenvalue weighted by atomic mass is 32.1. The molecule has 0 aliphatic rings. The van der Waals surface area contributed by atoms with Crippen LogP contribution in [-0.4, -0.2) is 18.1 Å². The van der Waals surface area contributed by atoms with E-state index in [1.807, 2.05) is 6.92 Å². The summed E-state index contributed by atoms with van der Waals surface area (Å²) >= 11 is 1.72. The van der Waals surface area contributed by atoms with Crippen molar-refractivity contribution in [3.8, 4) is 0 Å². The van der Waals surface area contributed by atoms with Gasteiger partial charge in [0, 0.05) is 17.6 Å². The lowest BCUT2D eigenvalue weighted by Gasteiger charge is -2.05. The highest BCUT2D eigenvalue weighted by molar-refractivity contribution is 7.10. The van der Waals surface area contributed by atoms with Crippen LogP contribution in [0.2, 0.25) is 0 Å². The van der Waals surface area contributed by atoms with Crippen molar-refractivity contribution in [3.05, 3.63) is 21.7 Å². The summed E-state index contributed by atoms with van der Waals surface area (Å²) in [5.74, 6) is 0. The van der Waals surface area contributed by atoms with Crippen LogP contribution in [0.15, 0.2) is 11.0 Å². The van der Waals surface area contributed by atoms with Crippen molar-refractivity contribution in [1.29, 1.82) is 0 Å². The van der Waals surface area contributed by atoms with Gasteiger partial charge in [0.2, 0.25) is 0 Å². The Labute approximate surface area is 96.4 Å². The summed E-state index contributed by atoms with van der Waals surface area (Å²) in [7, 11) is 0. The van der Waals surface area contributed by atoms with E-state index in [1.165, 1.54) is 12.0 Å². The number of aryl methyl sites for hydroxylation is 1. The monoisotopic (exact) mass is 224 g/mol. The van der Waals surface area contributed by atoms with Gasteiger partial charge in [-0.15, -0.1) is 11.3 Å². The Bertz CT molecular complexity index is 315. The van der Waals surface area contributed by atoms with Gasteiger partial charge in [-0.2, -0.15) is 0 Å². The first-order valence-electron chi connectivity index (χ1n) is 5.58. The third kappa shape index (κ3) is 4.58. The van der Waals surface area contributed by atoms with Crippen LogP contribution in [0.1, 0.15) is 37.4 Å². The normalized spacial score (nSPS) is 12.1. The van der Waals surface area contributed by atoms with Gasteiger partial charge < -0.3 is 5.32 Å². The number of nitrogens with one attached hydrogen (secondary N) is 1. The molecule has 0 fully saturated rings. The Hall–Kier alpha value is -0.670. The summed E-state index contributed by atoms with van der Waals surface area (Å²) in [5, 5.41) is 6.64. The van der Waals surface area contributed by atoms with Crippen LogP contribution in [0.3, 0.4) is 0 Å². The molecule has 0 saturated heterocycles. The van der Waals surface area contributed by atoms with E-state index in [4.69, 9.17) is 0 Å². The smallest absolute Gasteiger partial charge is 0.116 e. The van der Waals surface area contributed by atoms with Crippen molar-refractivity contribution >= 4 is 17.4 Å². The minimum atomic E-state index is 0.989. The van der Waals surface area contributed by atoms with Crippen LogP contribution < -0.4 is 5.32 Å². The molecule has 0 spiro atoms. The van der Waals surface area contributed by atoms with Crippen LogP contribution in [0.25, 0.3) is 6.08 Å². The second-order valence-electron chi connectivity index (χ2n) is 3.66. The van der Waals surface area contributed by atoms with E-state index in [0.29, 0.717) is 0 Å². The zero-order chi connectivity index (χ0) is 11.1. The maximum atomic E-state index is 4.44. The second-order valence-corrected chi connectivity index (χ2v) is 4.55. The van der Waals surface area contributed by atoms with Gasteiger partial charge in [-0.25, -0.2) is 4.98 Å². The van der Waals surface area contributed by atoms with Crippen LogP contribution in [0.4, 0.5) is 0 Å². The molecule has 1 aromatic heterocycles. The Morgan fingerprint density at radius 1 is 1.53 bits per heavy atom. The molecule has 0 radical (unpaired) electrons. The fourth-order valence-corrected chi connectivity index (χ4v) is 2.09. The van der Waals surface area contributed by atoms with Crippen molar-refractivity contribution in [2.24, 2.45) is 0 Å². The van der Waals surface area contributed by atoms with Crippen molar-refractivity contribution < 1.29 is 0 Å². The topological polar surface area (TPSA) is 24.9 Å². The zero-order valence-electron chi connectivity index (χ0n) is 9.84. The minimum absolute atomic E-state index is 0.989. The van der Waals surface area contributed by atoms with Crippen molar-refractivity contribution in [3.63, 3.8) is 0 Å². The molecule has 0 aliphatic heterocycles. The molecule has 1 N–H and O–H groups in total. The lowest BCUT2D eigenvalue weighted by atomic mass is 10.2. The molecule has 0 atom stereocenters. The summed E-state index contributed by atoms with van der Waals surface area (Å²) in [6.45, 7) is 8.50. The van der Waals surface area contributed by atoms with Crippen LogP contribution >= 0.6 is 11.3 Å². The van der Waals surface area contributed by atoms with Crippen molar-refractivity contribution in [2.45, 2.75) is 33.6 Å². The molecule has 0 aromatic carbocycles. The first-order chi connectivity index (χ1) is 7.26. The summed E-state index contributed by atoms with van der Waals surface area (Å²) in [4.78, 5) is 4.44. The fourth-order valence-electron chi connectivity index (χ4n) is 1.32. The van der Waals surface area contributed by atoms with Gasteiger partial charge >= 0.3 is 0 Å². The molecule has 1 rings (SSSR count). The van der Waals surface area contributed by atoms with Crippen LogP contribution in [0.5, 0.6) is 0 Å². The Kier molecular flexibility index (Phi) is 5.58. The summed E-state index contributed by atoms with van der Waals surface area (Å²) < 4.78 is 0. The van der Waals surface area contributed by atoms with E-state index in [2.05, 4.69) is 35.6 Å². The molecule has 15 heavy (non-hydrogen) atoms. The Balaban J connectivity index is 2.53. The lowest BCUT2D eigenvalue weighted by molar-refractivity contribution is 0.706. The van der Waals surface area contributed by atoms with Gasteiger partial charge in [0.05, 0.1) is 0 Å². The minimum Gasteiger partial charge on any atom is -0.313 e. The SMILES string of the molecule is CCCNCC(=Cc1nc(C)cs1)CC. The maximum Gasteiger partial charge on any atom is 0.116 e. The highest BCUT2D eigenvalue weighted by Crippen LogP contribution is 2.14. The van der Waals surface area contributed by atoms with Crippen molar-refractivity contribution in [2.75, 3.05) is 13.1 Å². The second kappa shape index (κ2) is 6.75. The summed E-state index contributed by atoms with van der Waals surface area (Å²) in [6, 6.07) is 0. The third-order valence-electron chi connectivity index (χ3n) is 2.20. The average Bonchev–Trinajstić information content (AvgIpc) is 2.63. The maximum absolute atomic E-state index is 4.44. The number of nitrogens with zero attached hydrogens (tertiary/aromatic N) is 1. The molecule has 0 bridgehead atoms. The fraction of sp³-hybridized carbons (Fsp3) is 0.583. The van der Waals surface area contributed by atoms with Gasteiger partial charge in [-0.3, -0.25) is 0 Å². The quantitative estimate of drug-likeness (QED) is 0.750. The van der Waals surface area contributed by atoms with E-state index in [1.54, 1.807) is 11.3 Å². The van der Waals surface area contributed by atoms with Gasteiger partial charge in [-0.1, -0.05) is 19.4 Å². The molecule has 0 saturated carbocycles. The van der Waals surface area contributed by atoms with Gasteiger partial charge in [0.15, 0.2) is 0 Å². The van der Waals surface area contributed by atoms with Gasteiger partial charge in [0.25, 0.3) is 0 Å². The van der Waals surface area contributed by atoms with Gasteiger partial charge in [0.1, 0.15) is 5.01 Å². The molecule has 84 valence electrons. The number of hydrogen-bond acceptors (Lipinski definition) is 3. The van der Waals surface area contributed by atoms with E-state index >= 15 is 0 Å². The molecule has 0 aliphatic carbocycles. The molecule has 0 unspecified atom stereocenters. The van der Waals surface area contributed by atoms with E-state index < -0.39 is 0 Å². The first kappa shape index (κ1) is 12.4. The molecule has 2 nitrogen and oxygen atoms in total. The van der Waals surface area contributed by atoms with E-state index in [9.17, 15) is 0 Å². The molecule has 3 heteroatoms. The standard InChI is InChI=1S/C12H20N2S/c1-4-6-13-8-11(5-2)7-12-14-10(3)9-15-12/h7,9,13H,4-6,8H2,1-3H3. The van der Waals surface area contributed by atoms with Crippen LogP contribution in [-0.2, 0) is 0 Å². The molecular weight excluding hydrogens is 204 g/mol. The zero-order valence-corrected chi connectivity index (χ0v) is 10.7. The highest BCUT2D eigenvalue weighted by Gasteiger charge is 1.98. The Morgan fingerprint density at radius 2 is 2.33 bits per heavy atom. The predicted molar refractivity (Wildman–Crippen MR) is 68.3 cm³/mol. The first-order valence-corrected chi connectivity index (χ1v) is 6.46. The number of rotatable bonds is 6. The largest absolute Gasteiger partial charge is 0.313 e. The van der Waals surface area contributed by atoms with E-state index in [0.717, 1.165) is 30.2 Å².